The lowest BCUT2D eigenvalue weighted by Crippen LogP contribution is -2.70. The first kappa shape index (κ1) is 41.3. The molecule has 19 heteroatoms. The molecule has 2 fully saturated rings. The first-order chi connectivity index (χ1) is 28.1. The van der Waals surface area contributed by atoms with Gasteiger partial charge in [-0.15, -0.1) is 0 Å². The van der Waals surface area contributed by atoms with Crippen molar-refractivity contribution in [3.8, 4) is 40.1 Å². The van der Waals surface area contributed by atoms with Crippen molar-refractivity contribution in [1.82, 2.24) is 15.6 Å². The van der Waals surface area contributed by atoms with Gasteiger partial charge in [0.2, 0.25) is 18.3 Å². The van der Waals surface area contributed by atoms with Gasteiger partial charge < -0.3 is 85.6 Å². The predicted octanol–water partition coefficient (Wildman–Crippen LogP) is 1.08. The molecule has 7 rings (SSSR count). The average molecular weight is 821 g/mol. The van der Waals surface area contributed by atoms with Crippen molar-refractivity contribution < 1.29 is 69.0 Å². The zero-order chi connectivity index (χ0) is 42.2. The third-order valence-corrected chi connectivity index (χ3v) is 10.3. The zero-order valence-corrected chi connectivity index (χ0v) is 31.4. The van der Waals surface area contributed by atoms with Gasteiger partial charge in [-0.1, -0.05) is 6.92 Å². The van der Waals surface area contributed by atoms with E-state index in [1.54, 1.807) is 36.4 Å². The normalized spacial score (nSPS) is 24.1. The Kier molecular flexibility index (Phi) is 11.7. The summed E-state index contributed by atoms with van der Waals surface area (Å²) in [5.74, 6) is -3.24. The van der Waals surface area contributed by atoms with Gasteiger partial charge in [0.05, 0.1) is 0 Å². The number of nitrogens with two attached hydrogens (primary N) is 1. The quantitative estimate of drug-likeness (QED) is 0.0697. The van der Waals surface area contributed by atoms with Gasteiger partial charge in [0.25, 0.3) is 0 Å². The molecular formula is C40H44N4O15. The van der Waals surface area contributed by atoms with Crippen LogP contribution in [0.25, 0.3) is 22.3 Å². The molecule has 2 aliphatic rings. The first-order valence-electron chi connectivity index (χ1n) is 18.6. The number of carboxylic acids is 1. The van der Waals surface area contributed by atoms with Crippen LogP contribution in [0.3, 0.4) is 0 Å². The minimum Gasteiger partial charge on any atom is -0.508 e. The molecule has 314 valence electrons. The molecule has 0 bridgehead atoms. The number of aromatic amines is 1. The second kappa shape index (κ2) is 16.8. The highest BCUT2D eigenvalue weighted by atomic mass is 16.7. The van der Waals surface area contributed by atoms with Gasteiger partial charge in [-0.2, -0.15) is 0 Å². The van der Waals surface area contributed by atoms with E-state index in [0.717, 1.165) is 12.1 Å². The number of phenols is 2. The number of anilines is 1. The van der Waals surface area contributed by atoms with Crippen LogP contribution < -0.4 is 36.0 Å². The largest absolute Gasteiger partial charge is 0.508 e. The minimum atomic E-state index is -2.50. The van der Waals surface area contributed by atoms with E-state index in [9.17, 15) is 50.4 Å². The summed E-state index contributed by atoms with van der Waals surface area (Å²) in [4.78, 5) is 29.0. The number of hydrogen-bond donors (Lipinski definition) is 12. The molecule has 59 heavy (non-hydrogen) atoms. The Morgan fingerprint density at radius 3 is 2.47 bits per heavy atom. The average Bonchev–Trinajstić information content (AvgIpc) is 3.89. The summed E-state index contributed by atoms with van der Waals surface area (Å²) in [6.07, 6.45) is -11.2. The fraction of sp³-hybridized carbons (Fsp3) is 0.350. The smallest absolute Gasteiger partial charge is 0.336 e. The van der Waals surface area contributed by atoms with E-state index in [0.29, 0.717) is 48.0 Å². The highest BCUT2D eigenvalue weighted by Gasteiger charge is 2.59. The number of nitrogen functional groups attached to an aromatic ring is 1. The monoisotopic (exact) mass is 820 g/mol. The van der Waals surface area contributed by atoms with Crippen molar-refractivity contribution in [3.63, 3.8) is 0 Å². The molecule has 2 aromatic heterocycles. The van der Waals surface area contributed by atoms with Crippen LogP contribution in [-0.2, 0) is 16.0 Å². The number of carboxylic acid groups (broad SMARTS) is 1. The topological polar surface area (TPSA) is 312 Å². The summed E-state index contributed by atoms with van der Waals surface area (Å²) in [7, 11) is 0. The standard InChI is InChI=1S/C40H44N4O15/c1-2-18-9-20(11-22(45)10-18)38(53)58-34-29(57-39-33(49)35(50)40(54,36(59-39)37(51)52)14-21-15-42-17-43-21)13-28-31(32(34)48)25(46)12-27(56-28)19-3-5-23(6-4-19)55-16-26(47)24-7-8-30(41)44-24/h3-13,21,26,33,35-36,38-39,42-45,47-50,53-54H,2,14-17,41H2,1H3,(H,51,52). The van der Waals surface area contributed by atoms with Gasteiger partial charge in [0.15, 0.2) is 23.0 Å². The number of fused-ring (bicyclic) bond motifs is 1. The minimum absolute atomic E-state index is 0.0113. The number of aryl methyl sites for hydroxylation is 1. The van der Waals surface area contributed by atoms with Crippen molar-refractivity contribution in [3.05, 3.63) is 93.8 Å². The van der Waals surface area contributed by atoms with Crippen LogP contribution in [0.4, 0.5) is 5.82 Å². The Morgan fingerprint density at radius 1 is 1.05 bits per heavy atom. The van der Waals surface area contributed by atoms with Crippen LogP contribution in [0.2, 0.25) is 0 Å². The van der Waals surface area contributed by atoms with E-state index in [1.807, 2.05) is 6.92 Å². The van der Waals surface area contributed by atoms with Crippen molar-refractivity contribution in [1.29, 1.82) is 0 Å². The molecule has 5 aromatic rings. The summed E-state index contributed by atoms with van der Waals surface area (Å²) < 4.78 is 29.0. The SMILES string of the molecule is CCc1cc(O)cc(C(O)Oc2c(OC3OC(C(=O)O)C(O)(CC4CNCN4)C(O)C3O)cc3oc(-c4ccc(OCC(O)c5ccc(N)[nH]5)cc4)cc(=O)c3c2O)c1. The van der Waals surface area contributed by atoms with E-state index < -0.39 is 82.7 Å². The Hall–Kier alpha value is -5.90. The molecule has 3 aromatic carbocycles. The van der Waals surface area contributed by atoms with Crippen LogP contribution in [0.1, 0.15) is 42.6 Å². The number of H-pyrrole nitrogens is 1. The number of rotatable bonds is 14. The van der Waals surface area contributed by atoms with Crippen molar-refractivity contribution >= 4 is 22.8 Å². The molecular weight excluding hydrogens is 776 g/mol. The Labute approximate surface area is 334 Å². The summed E-state index contributed by atoms with van der Waals surface area (Å²) in [6, 6.07) is 15.4. The number of ether oxygens (including phenoxy) is 4. The molecule has 8 unspecified atom stereocenters. The molecule has 0 amide bonds. The number of carbonyl (C=O) groups is 1. The lowest BCUT2D eigenvalue weighted by molar-refractivity contribution is -0.307. The van der Waals surface area contributed by atoms with Gasteiger partial charge in [-0.25, -0.2) is 4.79 Å². The van der Waals surface area contributed by atoms with Gasteiger partial charge in [-0.3, -0.25) is 4.79 Å². The molecule has 2 saturated heterocycles. The van der Waals surface area contributed by atoms with Gasteiger partial charge in [0, 0.05) is 48.2 Å². The van der Waals surface area contributed by atoms with E-state index in [-0.39, 0.29) is 35.7 Å². The van der Waals surface area contributed by atoms with Crippen LogP contribution in [0, 0.1) is 0 Å². The number of aromatic hydroxyl groups is 2. The number of hydrogen-bond acceptors (Lipinski definition) is 17. The van der Waals surface area contributed by atoms with E-state index in [4.69, 9.17) is 29.1 Å². The summed E-state index contributed by atoms with van der Waals surface area (Å²) >= 11 is 0. The highest BCUT2D eigenvalue weighted by molar-refractivity contribution is 5.89. The van der Waals surface area contributed by atoms with Gasteiger partial charge in [-0.05, 0) is 73.0 Å². The van der Waals surface area contributed by atoms with Crippen molar-refractivity contribution in [2.45, 2.75) is 68.4 Å². The predicted molar refractivity (Wildman–Crippen MR) is 207 cm³/mol. The summed E-state index contributed by atoms with van der Waals surface area (Å²) in [6.45, 7) is 2.40. The van der Waals surface area contributed by atoms with E-state index >= 15 is 0 Å². The number of aliphatic carboxylic acids is 1. The van der Waals surface area contributed by atoms with Crippen molar-refractivity contribution in [2.24, 2.45) is 0 Å². The fourth-order valence-electron chi connectivity index (χ4n) is 7.16. The maximum absolute atomic E-state index is 13.7. The number of aliphatic hydroxyl groups excluding tert-OH is 4. The number of phenolic OH excluding ortho intramolecular Hbond substituents is 2. The van der Waals surface area contributed by atoms with E-state index in [1.165, 1.54) is 18.2 Å². The molecule has 2 aliphatic heterocycles. The summed E-state index contributed by atoms with van der Waals surface area (Å²) in [5.41, 5.74) is 3.64. The summed E-state index contributed by atoms with van der Waals surface area (Å²) in [5, 5.41) is 93.1. The molecule has 0 spiro atoms. The second-order valence-electron chi connectivity index (χ2n) is 14.4. The maximum Gasteiger partial charge on any atom is 0.336 e. The van der Waals surface area contributed by atoms with Crippen LogP contribution in [0.15, 0.2) is 75.9 Å². The highest BCUT2D eigenvalue weighted by Crippen LogP contribution is 2.46. The van der Waals surface area contributed by atoms with Crippen LogP contribution in [0.5, 0.6) is 28.7 Å². The maximum atomic E-state index is 13.7. The third kappa shape index (κ3) is 8.49. The fourth-order valence-corrected chi connectivity index (χ4v) is 7.16. The number of nitrogens with one attached hydrogen (secondary N) is 3. The molecule has 0 saturated carbocycles. The Morgan fingerprint density at radius 2 is 1.81 bits per heavy atom. The lowest BCUT2D eigenvalue weighted by atomic mass is 9.79. The number of benzene rings is 3. The molecule has 13 N–H and O–H groups in total. The zero-order valence-electron chi connectivity index (χ0n) is 31.4. The lowest BCUT2D eigenvalue weighted by Gasteiger charge is -2.47. The molecule has 19 nitrogen and oxygen atoms in total. The molecule has 0 radical (unpaired) electrons. The number of aliphatic hydroxyl groups is 5. The Balaban J connectivity index is 1.23. The van der Waals surface area contributed by atoms with Crippen molar-refractivity contribution in [2.75, 3.05) is 25.6 Å². The molecule has 8 atom stereocenters. The van der Waals surface area contributed by atoms with Crippen LogP contribution >= 0.6 is 0 Å². The van der Waals surface area contributed by atoms with Crippen LogP contribution in [-0.4, -0.2) is 108 Å². The van der Waals surface area contributed by atoms with Gasteiger partial charge in [0.1, 0.15) is 64.6 Å². The third-order valence-electron chi connectivity index (χ3n) is 10.3. The van der Waals surface area contributed by atoms with E-state index in [2.05, 4.69) is 15.6 Å². The number of aromatic nitrogens is 1. The van der Waals surface area contributed by atoms with Gasteiger partial charge >= 0.3 is 5.97 Å². The molecule has 4 heterocycles. The Bertz CT molecular complexity index is 2360. The molecule has 0 aliphatic carbocycles. The first-order valence-corrected chi connectivity index (χ1v) is 18.6. The second-order valence-corrected chi connectivity index (χ2v) is 14.4.